The molecule has 0 radical (unpaired) electrons. The summed E-state index contributed by atoms with van der Waals surface area (Å²) in [6.07, 6.45) is -5.64. The Hall–Kier alpha value is -1.96. The van der Waals surface area contributed by atoms with Crippen molar-refractivity contribution >= 4 is 23.5 Å². The number of nitrogens with zero attached hydrogens (tertiary/aromatic N) is 1. The van der Waals surface area contributed by atoms with Crippen LogP contribution >= 0.6 is 11.6 Å². The Balaban J connectivity index is 2.19. The maximum atomic E-state index is 13.2. The smallest absolute Gasteiger partial charge is 0.406 e. The number of amides is 1. The highest BCUT2D eigenvalue weighted by Gasteiger charge is 2.64. The van der Waals surface area contributed by atoms with E-state index in [9.17, 15) is 22.8 Å². The second-order valence-corrected chi connectivity index (χ2v) is 6.87. The second kappa shape index (κ2) is 6.40. The molecular weight excluding hydrogens is 363 g/mol. The molecule has 1 aliphatic rings. The van der Waals surface area contributed by atoms with Crippen LogP contribution in [0.4, 0.5) is 13.2 Å². The van der Waals surface area contributed by atoms with Crippen molar-refractivity contribution in [1.29, 1.82) is 0 Å². The van der Waals surface area contributed by atoms with Gasteiger partial charge in [0.15, 0.2) is 11.0 Å². The molecule has 0 saturated carbocycles. The number of carbonyl (C=O) groups excluding carboxylic acids is 1. The fourth-order valence-electron chi connectivity index (χ4n) is 2.76. The van der Waals surface area contributed by atoms with Crippen LogP contribution in [-0.4, -0.2) is 46.7 Å². The third-order valence-electron chi connectivity index (χ3n) is 4.19. The molecular formula is C16H17ClF3NO4. The van der Waals surface area contributed by atoms with Gasteiger partial charge in [-0.15, -0.1) is 0 Å². The van der Waals surface area contributed by atoms with Gasteiger partial charge in [-0.25, -0.2) is 0 Å². The zero-order chi connectivity index (χ0) is 19.0. The summed E-state index contributed by atoms with van der Waals surface area (Å²) in [5, 5.41) is 9.44. The van der Waals surface area contributed by atoms with Crippen molar-refractivity contribution < 1.29 is 32.6 Å². The third kappa shape index (κ3) is 3.68. The quantitative estimate of drug-likeness (QED) is 0.871. The monoisotopic (exact) mass is 379 g/mol. The van der Waals surface area contributed by atoms with Gasteiger partial charge in [0, 0.05) is 18.1 Å². The normalized spacial score (nSPS) is 21.3. The number of ether oxygens (including phenoxy) is 1. The molecule has 1 aromatic carbocycles. The highest BCUT2D eigenvalue weighted by Crippen LogP contribution is 2.46. The lowest BCUT2D eigenvalue weighted by Gasteiger charge is -2.32. The van der Waals surface area contributed by atoms with Gasteiger partial charge in [-0.05, 0) is 38.5 Å². The molecule has 1 aliphatic heterocycles. The highest BCUT2D eigenvalue weighted by atomic mass is 35.5. The Morgan fingerprint density at radius 3 is 2.44 bits per heavy atom. The number of alkyl halides is 3. The van der Waals surface area contributed by atoms with Gasteiger partial charge in [-0.2, -0.15) is 13.2 Å². The van der Waals surface area contributed by atoms with E-state index in [2.05, 4.69) is 0 Å². The summed E-state index contributed by atoms with van der Waals surface area (Å²) in [6.45, 7) is 1.56. The fraction of sp³-hybridized carbons (Fsp3) is 0.500. The van der Waals surface area contributed by atoms with E-state index in [0.717, 1.165) is 4.90 Å². The molecule has 1 atom stereocenters. The van der Waals surface area contributed by atoms with Gasteiger partial charge in [0.2, 0.25) is 0 Å². The number of carboxylic acid groups (broad SMARTS) is 1. The Labute approximate surface area is 147 Å². The number of likely N-dealkylation sites (tertiary alicyclic amines) is 1. The molecule has 138 valence electrons. The maximum absolute atomic E-state index is 13.2. The van der Waals surface area contributed by atoms with E-state index in [0.29, 0.717) is 5.02 Å². The van der Waals surface area contributed by atoms with Crippen LogP contribution in [0.25, 0.3) is 0 Å². The van der Waals surface area contributed by atoms with Crippen LogP contribution in [0.1, 0.15) is 20.3 Å². The summed E-state index contributed by atoms with van der Waals surface area (Å²) in [6, 6.07) is 6.24. The third-order valence-corrected chi connectivity index (χ3v) is 4.43. The molecule has 25 heavy (non-hydrogen) atoms. The predicted octanol–water partition coefficient (Wildman–Crippen LogP) is 3.36. The maximum Gasteiger partial charge on any atom is 0.406 e. The number of hydrogen-bond donors (Lipinski definition) is 1. The lowest BCUT2D eigenvalue weighted by atomic mass is 9.86. The Kier molecular flexibility index (Phi) is 4.96. The molecule has 2 rings (SSSR count). The van der Waals surface area contributed by atoms with Crippen molar-refractivity contribution in [1.82, 2.24) is 4.90 Å². The Morgan fingerprint density at radius 2 is 1.96 bits per heavy atom. The zero-order valence-corrected chi connectivity index (χ0v) is 14.3. The summed E-state index contributed by atoms with van der Waals surface area (Å²) in [4.78, 5) is 24.7. The summed E-state index contributed by atoms with van der Waals surface area (Å²) in [5.41, 5.74) is -4.43. The van der Waals surface area contributed by atoms with Crippen molar-refractivity contribution in [2.45, 2.75) is 32.0 Å². The largest absolute Gasteiger partial charge is 0.481 e. The number of benzene rings is 1. The van der Waals surface area contributed by atoms with Gasteiger partial charge in [0.1, 0.15) is 5.75 Å². The molecule has 5 nitrogen and oxygen atoms in total. The van der Waals surface area contributed by atoms with Crippen molar-refractivity contribution in [2.24, 2.45) is 5.41 Å². The minimum Gasteiger partial charge on any atom is -0.481 e. The molecule has 1 N–H and O–H groups in total. The van der Waals surface area contributed by atoms with Gasteiger partial charge in [0.25, 0.3) is 5.91 Å². The predicted molar refractivity (Wildman–Crippen MR) is 83.5 cm³/mol. The first-order valence-electron chi connectivity index (χ1n) is 7.43. The minimum atomic E-state index is -4.95. The molecule has 9 heteroatoms. The lowest BCUT2D eigenvalue weighted by Crippen LogP contribution is -2.52. The first kappa shape index (κ1) is 19.4. The van der Waals surface area contributed by atoms with E-state index >= 15 is 0 Å². The van der Waals surface area contributed by atoms with Gasteiger partial charge < -0.3 is 14.7 Å². The molecule has 0 bridgehead atoms. The average molecular weight is 380 g/mol. The molecule has 1 amide bonds. The van der Waals surface area contributed by atoms with Crippen molar-refractivity contribution in [2.75, 3.05) is 13.1 Å². The summed E-state index contributed by atoms with van der Waals surface area (Å²) in [5.74, 6) is -2.42. The molecule has 1 unspecified atom stereocenters. The van der Waals surface area contributed by atoms with Gasteiger partial charge >= 0.3 is 12.1 Å². The number of hydrogen-bond acceptors (Lipinski definition) is 3. The SMILES string of the molecule is CC(C)(Oc1cccc(Cl)c1)C(=O)N1CCC(C(=O)O)(C(F)(F)F)C1. The molecule has 0 spiro atoms. The fourth-order valence-corrected chi connectivity index (χ4v) is 2.94. The lowest BCUT2D eigenvalue weighted by molar-refractivity contribution is -0.227. The van der Waals surface area contributed by atoms with Crippen LogP contribution in [0.15, 0.2) is 24.3 Å². The molecule has 1 fully saturated rings. The van der Waals surface area contributed by atoms with Crippen LogP contribution in [0.5, 0.6) is 5.75 Å². The van der Waals surface area contributed by atoms with Crippen molar-refractivity contribution in [3.63, 3.8) is 0 Å². The summed E-state index contributed by atoms with van der Waals surface area (Å²) < 4.78 is 45.2. The summed E-state index contributed by atoms with van der Waals surface area (Å²) >= 11 is 5.84. The van der Waals surface area contributed by atoms with Crippen LogP contribution in [-0.2, 0) is 9.59 Å². The molecule has 1 aromatic rings. The standard InChI is InChI=1S/C16H17ClF3NO4/c1-14(2,25-11-5-3-4-10(17)8-11)12(22)21-7-6-15(9-21,13(23)24)16(18,19)20/h3-5,8H,6-7,9H2,1-2H3,(H,23,24). The number of halogens is 4. The molecule has 0 aromatic heterocycles. The van der Waals surface area contributed by atoms with Gasteiger partial charge in [0.05, 0.1) is 0 Å². The van der Waals surface area contributed by atoms with Crippen LogP contribution in [0, 0.1) is 5.41 Å². The number of rotatable bonds is 4. The Morgan fingerprint density at radius 1 is 1.32 bits per heavy atom. The molecule has 0 aliphatic carbocycles. The Bertz CT molecular complexity index is 692. The van der Waals surface area contributed by atoms with Crippen LogP contribution in [0.2, 0.25) is 5.02 Å². The summed E-state index contributed by atoms with van der Waals surface area (Å²) in [7, 11) is 0. The van der Waals surface area contributed by atoms with Gasteiger partial charge in [-0.3, -0.25) is 9.59 Å². The first-order valence-corrected chi connectivity index (χ1v) is 7.81. The molecule has 1 saturated heterocycles. The number of carboxylic acids is 1. The number of carbonyl (C=O) groups is 2. The second-order valence-electron chi connectivity index (χ2n) is 6.43. The first-order chi connectivity index (χ1) is 11.4. The topological polar surface area (TPSA) is 66.8 Å². The van der Waals surface area contributed by atoms with E-state index in [1.807, 2.05) is 0 Å². The van der Waals surface area contributed by atoms with E-state index < -0.39 is 42.0 Å². The van der Waals surface area contributed by atoms with Crippen molar-refractivity contribution in [3.8, 4) is 5.75 Å². The van der Waals surface area contributed by atoms with E-state index in [1.54, 1.807) is 18.2 Å². The average Bonchev–Trinajstić information content (AvgIpc) is 2.92. The zero-order valence-electron chi connectivity index (χ0n) is 13.6. The van der Waals surface area contributed by atoms with E-state index in [4.69, 9.17) is 21.4 Å². The molecule has 1 heterocycles. The van der Waals surface area contributed by atoms with Crippen LogP contribution in [0.3, 0.4) is 0 Å². The highest BCUT2D eigenvalue weighted by molar-refractivity contribution is 6.30. The minimum absolute atomic E-state index is 0.283. The van der Waals surface area contributed by atoms with Crippen molar-refractivity contribution in [3.05, 3.63) is 29.3 Å². The van der Waals surface area contributed by atoms with Crippen LogP contribution < -0.4 is 4.74 Å². The number of aliphatic carboxylic acids is 1. The van der Waals surface area contributed by atoms with E-state index in [-0.39, 0.29) is 12.3 Å². The van der Waals surface area contributed by atoms with Gasteiger partial charge in [-0.1, -0.05) is 17.7 Å². The van der Waals surface area contributed by atoms with E-state index in [1.165, 1.54) is 19.9 Å².